The molecule has 3 aromatic rings. The third-order valence-corrected chi connectivity index (χ3v) is 6.57. The maximum absolute atomic E-state index is 5.44. The summed E-state index contributed by atoms with van der Waals surface area (Å²) in [6.07, 6.45) is 5.09. The first-order valence-corrected chi connectivity index (χ1v) is 11.5. The molecule has 0 spiro atoms. The van der Waals surface area contributed by atoms with Gasteiger partial charge >= 0.3 is 0 Å². The van der Waals surface area contributed by atoms with E-state index in [1.807, 2.05) is 24.3 Å². The lowest BCUT2D eigenvalue weighted by Gasteiger charge is -2.34. The molecular formula is C23H31N7O2. The molecular weight excluding hydrogens is 406 g/mol. The van der Waals surface area contributed by atoms with Gasteiger partial charge in [-0.05, 0) is 56.1 Å². The van der Waals surface area contributed by atoms with Gasteiger partial charge in [-0.25, -0.2) is 9.97 Å². The SMILES string of the molecule is COc1ccc(-n2nnc3cnc(CC4CCN(CCN5CCOCC5)CC4)nc32)cc1. The van der Waals surface area contributed by atoms with Crippen molar-refractivity contribution in [1.29, 1.82) is 0 Å². The van der Waals surface area contributed by atoms with Gasteiger partial charge in [0.05, 0.1) is 32.2 Å². The molecule has 0 aliphatic carbocycles. The van der Waals surface area contributed by atoms with Gasteiger partial charge in [0.1, 0.15) is 11.6 Å². The van der Waals surface area contributed by atoms with Gasteiger partial charge in [-0.2, -0.15) is 4.68 Å². The van der Waals surface area contributed by atoms with E-state index in [-0.39, 0.29) is 0 Å². The van der Waals surface area contributed by atoms with Crippen LogP contribution in [0.25, 0.3) is 16.9 Å². The first kappa shape index (κ1) is 21.2. The van der Waals surface area contributed by atoms with E-state index in [1.54, 1.807) is 18.0 Å². The van der Waals surface area contributed by atoms with Crippen LogP contribution >= 0.6 is 0 Å². The topological polar surface area (TPSA) is 81.4 Å². The summed E-state index contributed by atoms with van der Waals surface area (Å²) in [6, 6.07) is 7.75. The van der Waals surface area contributed by atoms with Crippen LogP contribution in [0.3, 0.4) is 0 Å². The van der Waals surface area contributed by atoms with Crippen molar-refractivity contribution in [3.8, 4) is 11.4 Å². The number of ether oxygens (including phenoxy) is 2. The summed E-state index contributed by atoms with van der Waals surface area (Å²) in [5, 5.41) is 8.52. The zero-order valence-electron chi connectivity index (χ0n) is 18.7. The van der Waals surface area contributed by atoms with Crippen molar-refractivity contribution >= 4 is 11.2 Å². The van der Waals surface area contributed by atoms with E-state index in [2.05, 4.69) is 25.1 Å². The monoisotopic (exact) mass is 437 g/mol. The summed E-state index contributed by atoms with van der Waals surface area (Å²) in [6.45, 7) is 8.50. The molecule has 0 radical (unpaired) electrons. The fourth-order valence-electron chi connectivity index (χ4n) is 4.54. The van der Waals surface area contributed by atoms with Crippen LogP contribution in [0, 0.1) is 5.92 Å². The number of morpholine rings is 1. The fraction of sp³-hybridized carbons (Fsp3) is 0.565. The van der Waals surface area contributed by atoms with Crippen LogP contribution in [0.5, 0.6) is 5.75 Å². The summed E-state index contributed by atoms with van der Waals surface area (Å²) in [4.78, 5) is 14.5. The molecule has 2 saturated heterocycles. The van der Waals surface area contributed by atoms with E-state index < -0.39 is 0 Å². The summed E-state index contributed by atoms with van der Waals surface area (Å²) in [5.41, 5.74) is 2.37. The van der Waals surface area contributed by atoms with E-state index in [0.29, 0.717) is 11.4 Å². The molecule has 5 rings (SSSR count). The molecule has 9 heteroatoms. The zero-order valence-corrected chi connectivity index (χ0v) is 18.7. The van der Waals surface area contributed by atoms with Crippen LogP contribution in [0.2, 0.25) is 0 Å². The maximum Gasteiger partial charge on any atom is 0.187 e. The summed E-state index contributed by atoms with van der Waals surface area (Å²) in [7, 11) is 1.66. The van der Waals surface area contributed by atoms with Gasteiger partial charge in [0, 0.05) is 32.6 Å². The standard InChI is InChI=1S/C23H31N7O2/c1-31-20-4-2-19(3-5-20)30-23-21(26-27-30)17-24-22(25-23)16-18-6-8-28(9-7-18)10-11-29-12-14-32-15-13-29/h2-5,17-18H,6-16H2,1H3. The van der Waals surface area contributed by atoms with Crippen molar-refractivity contribution in [3.05, 3.63) is 36.3 Å². The first-order chi connectivity index (χ1) is 15.8. The van der Waals surface area contributed by atoms with Crippen molar-refractivity contribution in [3.63, 3.8) is 0 Å². The van der Waals surface area contributed by atoms with Gasteiger partial charge in [0.2, 0.25) is 0 Å². The molecule has 2 aliphatic heterocycles. The van der Waals surface area contributed by atoms with Crippen molar-refractivity contribution in [2.24, 2.45) is 5.92 Å². The molecule has 2 aromatic heterocycles. The van der Waals surface area contributed by atoms with Crippen LogP contribution in [-0.4, -0.2) is 94.4 Å². The van der Waals surface area contributed by atoms with Crippen LogP contribution in [0.15, 0.2) is 30.5 Å². The van der Waals surface area contributed by atoms with Gasteiger partial charge in [0.15, 0.2) is 11.2 Å². The van der Waals surface area contributed by atoms with Gasteiger partial charge in [0.25, 0.3) is 0 Å². The number of hydrogen-bond acceptors (Lipinski definition) is 8. The average molecular weight is 438 g/mol. The number of fused-ring (bicyclic) bond motifs is 1. The number of likely N-dealkylation sites (tertiary alicyclic amines) is 1. The van der Waals surface area contributed by atoms with Crippen molar-refractivity contribution in [1.82, 2.24) is 34.8 Å². The molecule has 170 valence electrons. The largest absolute Gasteiger partial charge is 0.497 e. The molecule has 1 aromatic carbocycles. The Morgan fingerprint density at radius 1 is 1.00 bits per heavy atom. The van der Waals surface area contributed by atoms with Crippen LogP contribution in [0.1, 0.15) is 18.7 Å². The second kappa shape index (κ2) is 9.89. The van der Waals surface area contributed by atoms with Gasteiger partial charge in [-0.15, -0.1) is 5.10 Å². The quantitative estimate of drug-likeness (QED) is 0.554. The molecule has 0 bridgehead atoms. The summed E-state index contributed by atoms with van der Waals surface area (Å²) in [5.74, 6) is 2.31. The normalized spacial score (nSPS) is 18.9. The number of aromatic nitrogens is 5. The predicted octanol–water partition coefficient (Wildman–Crippen LogP) is 1.81. The molecule has 0 amide bonds. The van der Waals surface area contributed by atoms with E-state index in [4.69, 9.17) is 14.5 Å². The second-order valence-corrected chi connectivity index (χ2v) is 8.64. The molecule has 0 unspecified atom stereocenters. The van der Waals surface area contributed by atoms with E-state index in [0.717, 1.165) is 81.8 Å². The number of nitrogens with zero attached hydrogens (tertiary/aromatic N) is 7. The minimum Gasteiger partial charge on any atom is -0.497 e. The summed E-state index contributed by atoms with van der Waals surface area (Å²) < 4.78 is 12.5. The molecule has 9 nitrogen and oxygen atoms in total. The highest BCUT2D eigenvalue weighted by Crippen LogP contribution is 2.22. The lowest BCUT2D eigenvalue weighted by Crippen LogP contribution is -2.43. The minimum absolute atomic E-state index is 0.623. The van der Waals surface area contributed by atoms with Gasteiger partial charge in [-0.3, -0.25) is 4.90 Å². The maximum atomic E-state index is 5.44. The van der Waals surface area contributed by atoms with E-state index in [1.165, 1.54) is 12.8 Å². The second-order valence-electron chi connectivity index (χ2n) is 8.64. The number of methoxy groups -OCH3 is 1. The Morgan fingerprint density at radius 3 is 2.44 bits per heavy atom. The molecule has 4 heterocycles. The third-order valence-electron chi connectivity index (χ3n) is 6.57. The Morgan fingerprint density at radius 2 is 1.72 bits per heavy atom. The lowest BCUT2D eigenvalue weighted by molar-refractivity contribution is 0.0314. The number of rotatable bonds is 7. The van der Waals surface area contributed by atoms with Gasteiger partial charge in [-0.1, -0.05) is 5.21 Å². The Labute approximate surface area is 188 Å². The highest BCUT2D eigenvalue weighted by molar-refractivity contribution is 5.70. The van der Waals surface area contributed by atoms with E-state index >= 15 is 0 Å². The molecule has 0 saturated carbocycles. The highest BCUT2D eigenvalue weighted by Gasteiger charge is 2.22. The Kier molecular flexibility index (Phi) is 6.56. The minimum atomic E-state index is 0.623. The van der Waals surface area contributed by atoms with Crippen LogP contribution in [0.4, 0.5) is 0 Å². The number of hydrogen-bond donors (Lipinski definition) is 0. The lowest BCUT2D eigenvalue weighted by atomic mass is 9.93. The summed E-state index contributed by atoms with van der Waals surface area (Å²) >= 11 is 0. The van der Waals surface area contributed by atoms with Crippen LogP contribution in [-0.2, 0) is 11.2 Å². The first-order valence-electron chi connectivity index (χ1n) is 11.5. The van der Waals surface area contributed by atoms with E-state index in [9.17, 15) is 0 Å². The molecule has 32 heavy (non-hydrogen) atoms. The average Bonchev–Trinajstić information content (AvgIpc) is 3.28. The number of piperidine rings is 1. The molecule has 2 aliphatic rings. The smallest absolute Gasteiger partial charge is 0.187 e. The fourth-order valence-corrected chi connectivity index (χ4v) is 4.54. The van der Waals surface area contributed by atoms with Crippen molar-refractivity contribution < 1.29 is 9.47 Å². The molecule has 0 atom stereocenters. The molecule has 0 N–H and O–H groups in total. The van der Waals surface area contributed by atoms with Gasteiger partial charge < -0.3 is 14.4 Å². The Hall–Kier alpha value is -2.62. The number of benzene rings is 1. The van der Waals surface area contributed by atoms with Crippen molar-refractivity contribution in [2.75, 3.05) is 59.6 Å². The van der Waals surface area contributed by atoms with Crippen LogP contribution < -0.4 is 4.74 Å². The molecule has 2 fully saturated rings. The predicted molar refractivity (Wildman–Crippen MR) is 121 cm³/mol. The highest BCUT2D eigenvalue weighted by atomic mass is 16.5. The Bertz CT molecular complexity index is 1010. The zero-order chi connectivity index (χ0) is 21.8. The Balaban J connectivity index is 1.18. The third kappa shape index (κ3) is 4.90. The van der Waals surface area contributed by atoms with Crippen molar-refractivity contribution in [2.45, 2.75) is 19.3 Å².